The lowest BCUT2D eigenvalue weighted by Crippen LogP contribution is -1.99. The van der Waals surface area contributed by atoms with Crippen LogP contribution in [0.2, 0.25) is 0 Å². The van der Waals surface area contributed by atoms with E-state index in [9.17, 15) is 9.90 Å². The van der Waals surface area contributed by atoms with Crippen molar-refractivity contribution < 1.29 is 14.1 Å². The number of aromatic hydroxyl groups is 1. The first kappa shape index (κ1) is 17.9. The predicted octanol–water partition coefficient (Wildman–Crippen LogP) is 5.02. The van der Waals surface area contributed by atoms with E-state index < -0.39 is 0 Å². The Bertz CT molecular complexity index is 773. The van der Waals surface area contributed by atoms with Gasteiger partial charge in [0, 0.05) is 18.5 Å². The van der Waals surface area contributed by atoms with Gasteiger partial charge in [-0.2, -0.15) is 0 Å². The summed E-state index contributed by atoms with van der Waals surface area (Å²) in [4.78, 5) is 12.4. The highest BCUT2D eigenvalue weighted by atomic mass is 32.1. The van der Waals surface area contributed by atoms with Gasteiger partial charge >= 0.3 is 0 Å². The maximum absolute atomic E-state index is 12.4. The quantitative estimate of drug-likeness (QED) is 0.255. The molecule has 0 saturated carbocycles. The molecule has 0 saturated heterocycles. The SMILES string of the molecule is CC(C)=CCc1c(OS)ccc(C(=O)/C=C/c2ccccc2)c1O. The van der Waals surface area contributed by atoms with Gasteiger partial charge in [-0.1, -0.05) is 48.1 Å². The summed E-state index contributed by atoms with van der Waals surface area (Å²) in [6.45, 7) is 3.94. The number of hydrogen-bond donors (Lipinski definition) is 2. The molecule has 24 heavy (non-hydrogen) atoms. The number of thiol groups is 1. The Labute approximate surface area is 147 Å². The lowest BCUT2D eigenvalue weighted by molar-refractivity contribution is 0.104. The van der Waals surface area contributed by atoms with Crippen LogP contribution in [0.25, 0.3) is 6.08 Å². The molecule has 2 aromatic carbocycles. The van der Waals surface area contributed by atoms with Gasteiger partial charge in [0.05, 0.1) is 5.56 Å². The van der Waals surface area contributed by atoms with Crippen molar-refractivity contribution in [3.05, 3.63) is 76.9 Å². The molecular formula is C20H20O3S. The molecule has 4 heteroatoms. The Morgan fingerprint density at radius 2 is 1.88 bits per heavy atom. The third-order valence-electron chi connectivity index (χ3n) is 3.54. The standard InChI is InChI=1S/C20H20O3S/c1-14(2)8-10-17-19(23-24)13-11-16(20(17)22)18(21)12-9-15-6-4-3-5-7-15/h3-9,11-13,22,24H,10H2,1-2H3/b12-9+. The van der Waals surface area contributed by atoms with E-state index in [1.54, 1.807) is 18.2 Å². The molecule has 1 N–H and O–H groups in total. The number of phenols is 1. The Morgan fingerprint density at radius 1 is 1.17 bits per heavy atom. The monoisotopic (exact) mass is 340 g/mol. The number of rotatable bonds is 6. The summed E-state index contributed by atoms with van der Waals surface area (Å²) in [5.74, 6) is 0.110. The third-order valence-corrected chi connectivity index (χ3v) is 3.74. The summed E-state index contributed by atoms with van der Waals surface area (Å²) in [5.41, 5.74) is 2.82. The average molecular weight is 340 g/mol. The highest BCUT2D eigenvalue weighted by Crippen LogP contribution is 2.33. The molecule has 2 rings (SSSR count). The molecule has 0 heterocycles. The second kappa shape index (κ2) is 8.41. The number of carbonyl (C=O) groups is 1. The molecule has 0 atom stereocenters. The minimum atomic E-state index is -0.263. The van der Waals surface area contributed by atoms with Gasteiger partial charge in [0.1, 0.15) is 11.5 Å². The zero-order valence-electron chi connectivity index (χ0n) is 13.7. The van der Waals surface area contributed by atoms with Crippen LogP contribution in [0.5, 0.6) is 11.5 Å². The number of benzene rings is 2. The molecule has 3 nitrogen and oxygen atoms in total. The Kier molecular flexibility index (Phi) is 6.27. The molecule has 0 aliphatic heterocycles. The van der Waals surface area contributed by atoms with Crippen molar-refractivity contribution in [3.63, 3.8) is 0 Å². The van der Waals surface area contributed by atoms with Gasteiger partial charge < -0.3 is 9.29 Å². The smallest absolute Gasteiger partial charge is 0.189 e. The van der Waals surface area contributed by atoms with E-state index in [0.717, 1.165) is 11.1 Å². The van der Waals surface area contributed by atoms with Gasteiger partial charge in [-0.25, -0.2) is 0 Å². The Hall–Kier alpha value is -2.46. The average Bonchev–Trinajstić information content (AvgIpc) is 2.59. The van der Waals surface area contributed by atoms with Crippen molar-refractivity contribution in [2.45, 2.75) is 20.3 Å². The molecular weight excluding hydrogens is 320 g/mol. The van der Waals surface area contributed by atoms with E-state index in [4.69, 9.17) is 4.18 Å². The van der Waals surface area contributed by atoms with Crippen molar-refractivity contribution in [1.29, 1.82) is 0 Å². The summed E-state index contributed by atoms with van der Waals surface area (Å²) in [6.07, 6.45) is 5.60. The summed E-state index contributed by atoms with van der Waals surface area (Å²) in [5, 5.41) is 10.5. The van der Waals surface area contributed by atoms with Crippen LogP contribution in [-0.2, 0) is 6.42 Å². The first-order valence-electron chi connectivity index (χ1n) is 7.60. The Balaban J connectivity index is 2.33. The van der Waals surface area contributed by atoms with Crippen molar-refractivity contribution in [3.8, 4) is 11.5 Å². The number of allylic oxidation sites excluding steroid dienone is 3. The predicted molar refractivity (Wildman–Crippen MR) is 101 cm³/mol. The molecule has 0 aromatic heterocycles. The fraction of sp³-hybridized carbons (Fsp3) is 0.150. The number of hydrogen-bond acceptors (Lipinski definition) is 4. The summed E-state index contributed by atoms with van der Waals surface area (Å²) in [7, 11) is 0. The largest absolute Gasteiger partial charge is 0.507 e. The second-order valence-electron chi connectivity index (χ2n) is 5.62. The summed E-state index contributed by atoms with van der Waals surface area (Å²) >= 11 is 3.82. The minimum absolute atomic E-state index is 0.0678. The normalized spacial score (nSPS) is 10.6. The van der Waals surface area contributed by atoms with Crippen LogP contribution >= 0.6 is 12.9 Å². The van der Waals surface area contributed by atoms with Crippen molar-refractivity contribution in [1.82, 2.24) is 0 Å². The molecule has 0 bridgehead atoms. The van der Waals surface area contributed by atoms with Crippen LogP contribution < -0.4 is 4.18 Å². The Morgan fingerprint density at radius 3 is 2.50 bits per heavy atom. The number of carbonyl (C=O) groups excluding carboxylic acids is 1. The van der Waals surface area contributed by atoms with Crippen LogP contribution in [0.3, 0.4) is 0 Å². The summed E-state index contributed by atoms with van der Waals surface area (Å²) < 4.78 is 5.00. The van der Waals surface area contributed by atoms with Crippen LogP contribution in [0, 0.1) is 0 Å². The number of ketones is 1. The highest BCUT2D eigenvalue weighted by molar-refractivity contribution is 7.75. The summed E-state index contributed by atoms with van der Waals surface area (Å²) in [6, 6.07) is 12.7. The van der Waals surface area contributed by atoms with E-state index in [1.165, 1.54) is 6.08 Å². The van der Waals surface area contributed by atoms with Crippen molar-refractivity contribution in [2.24, 2.45) is 0 Å². The zero-order valence-corrected chi connectivity index (χ0v) is 14.6. The zero-order chi connectivity index (χ0) is 17.5. The lowest BCUT2D eigenvalue weighted by Gasteiger charge is -2.11. The first-order valence-corrected chi connectivity index (χ1v) is 7.96. The van der Waals surface area contributed by atoms with E-state index in [1.807, 2.05) is 50.3 Å². The molecule has 0 spiro atoms. The van der Waals surface area contributed by atoms with E-state index in [2.05, 4.69) is 12.9 Å². The molecule has 0 amide bonds. The first-order chi connectivity index (χ1) is 11.5. The van der Waals surface area contributed by atoms with Crippen molar-refractivity contribution in [2.75, 3.05) is 0 Å². The highest BCUT2D eigenvalue weighted by Gasteiger charge is 2.16. The third kappa shape index (κ3) is 4.52. The number of phenolic OH excluding ortho intramolecular Hbond substituents is 1. The van der Waals surface area contributed by atoms with E-state index in [0.29, 0.717) is 17.7 Å². The fourth-order valence-corrected chi connectivity index (χ4v) is 2.40. The van der Waals surface area contributed by atoms with E-state index in [-0.39, 0.29) is 17.1 Å². The van der Waals surface area contributed by atoms with Crippen LogP contribution in [0.15, 0.2) is 60.2 Å². The molecule has 0 aliphatic carbocycles. The van der Waals surface area contributed by atoms with Gasteiger partial charge in [-0.3, -0.25) is 4.79 Å². The van der Waals surface area contributed by atoms with Crippen LogP contribution in [0.4, 0.5) is 0 Å². The van der Waals surface area contributed by atoms with Gasteiger partial charge in [-0.15, -0.1) is 0 Å². The fourth-order valence-electron chi connectivity index (χ4n) is 2.23. The molecule has 0 fully saturated rings. The second-order valence-corrected chi connectivity index (χ2v) is 5.81. The maximum Gasteiger partial charge on any atom is 0.189 e. The molecule has 124 valence electrons. The van der Waals surface area contributed by atoms with Crippen molar-refractivity contribution >= 4 is 24.8 Å². The topological polar surface area (TPSA) is 46.5 Å². The molecule has 0 radical (unpaired) electrons. The van der Waals surface area contributed by atoms with Crippen LogP contribution in [0.1, 0.15) is 35.3 Å². The maximum atomic E-state index is 12.4. The van der Waals surface area contributed by atoms with Gasteiger partial charge in [0.25, 0.3) is 0 Å². The van der Waals surface area contributed by atoms with Gasteiger partial charge in [-0.05, 0) is 44.0 Å². The van der Waals surface area contributed by atoms with Crippen LogP contribution in [-0.4, -0.2) is 10.9 Å². The minimum Gasteiger partial charge on any atom is -0.507 e. The van der Waals surface area contributed by atoms with Gasteiger partial charge in [0.2, 0.25) is 0 Å². The molecule has 2 aromatic rings. The molecule has 0 unspecified atom stereocenters. The molecule has 0 aliphatic rings. The van der Waals surface area contributed by atoms with Gasteiger partial charge in [0.15, 0.2) is 5.78 Å². The lowest BCUT2D eigenvalue weighted by atomic mass is 10.0. The van der Waals surface area contributed by atoms with E-state index >= 15 is 0 Å².